The molecule has 0 atom stereocenters. The number of hydrogen-bond acceptors (Lipinski definition) is 6. The average molecular weight is 281 g/mol. The zero-order valence-corrected chi connectivity index (χ0v) is 10.8. The number of ether oxygens (including phenoxy) is 4. The van der Waals surface area contributed by atoms with E-state index in [-0.39, 0.29) is 5.69 Å². The summed E-state index contributed by atoms with van der Waals surface area (Å²) in [5.41, 5.74) is 0.534. The number of para-hydroxylation sites is 1. The minimum atomic E-state index is -0.584. The van der Waals surface area contributed by atoms with E-state index in [2.05, 4.69) is 0 Å². The molecule has 0 radical (unpaired) electrons. The van der Waals surface area contributed by atoms with Crippen LogP contribution in [0.3, 0.4) is 0 Å². The van der Waals surface area contributed by atoms with Gasteiger partial charge in [0.25, 0.3) is 5.69 Å². The van der Waals surface area contributed by atoms with Crippen molar-refractivity contribution < 1.29 is 23.9 Å². The van der Waals surface area contributed by atoms with Crippen molar-refractivity contribution in [3.05, 3.63) is 39.9 Å². The fourth-order valence-corrected chi connectivity index (χ4v) is 2.53. The quantitative estimate of drug-likeness (QED) is 0.613. The monoisotopic (exact) mass is 281 g/mol. The standard InChI is InChI=1S/C13H15NO6/c15-14(16)10-4-2-1-3-9(10)11(12-17-5-6-18-12)13-19-7-8-20-13/h1-4,11-13H,5-8H2. The van der Waals surface area contributed by atoms with E-state index in [9.17, 15) is 10.1 Å². The zero-order chi connectivity index (χ0) is 13.9. The molecule has 0 unspecified atom stereocenters. The first-order chi connectivity index (χ1) is 9.77. The molecule has 2 aliphatic heterocycles. The number of nitro benzene ring substituents is 1. The van der Waals surface area contributed by atoms with Crippen molar-refractivity contribution in [3.63, 3.8) is 0 Å². The minimum Gasteiger partial charge on any atom is -0.349 e. The van der Waals surface area contributed by atoms with Crippen LogP contribution in [0.25, 0.3) is 0 Å². The number of rotatable bonds is 4. The second-order valence-electron chi connectivity index (χ2n) is 4.56. The largest absolute Gasteiger partial charge is 0.349 e. The van der Waals surface area contributed by atoms with Crippen molar-refractivity contribution in [2.24, 2.45) is 0 Å². The van der Waals surface area contributed by atoms with Gasteiger partial charge in [-0.2, -0.15) is 0 Å². The Balaban J connectivity index is 1.97. The number of nitrogens with zero attached hydrogens (tertiary/aromatic N) is 1. The van der Waals surface area contributed by atoms with Crippen LogP contribution in [0.15, 0.2) is 24.3 Å². The topological polar surface area (TPSA) is 80.1 Å². The van der Waals surface area contributed by atoms with Gasteiger partial charge in [-0.05, 0) is 0 Å². The van der Waals surface area contributed by atoms with Gasteiger partial charge in [0.05, 0.1) is 37.3 Å². The Morgan fingerprint density at radius 3 is 2.00 bits per heavy atom. The molecular weight excluding hydrogens is 266 g/mol. The van der Waals surface area contributed by atoms with Crippen molar-refractivity contribution in [1.82, 2.24) is 0 Å². The van der Waals surface area contributed by atoms with Crippen LogP contribution in [0.2, 0.25) is 0 Å². The summed E-state index contributed by atoms with van der Waals surface area (Å²) in [7, 11) is 0. The summed E-state index contributed by atoms with van der Waals surface area (Å²) in [5.74, 6) is -0.471. The van der Waals surface area contributed by atoms with E-state index in [4.69, 9.17) is 18.9 Å². The first kappa shape index (κ1) is 13.4. The van der Waals surface area contributed by atoms with E-state index in [0.717, 1.165) is 0 Å². The first-order valence-electron chi connectivity index (χ1n) is 6.47. The summed E-state index contributed by atoms with van der Waals surface area (Å²) in [6.45, 7) is 1.87. The van der Waals surface area contributed by atoms with Crippen molar-refractivity contribution in [1.29, 1.82) is 0 Å². The lowest BCUT2D eigenvalue weighted by atomic mass is 9.96. The van der Waals surface area contributed by atoms with Crippen molar-refractivity contribution in [2.75, 3.05) is 26.4 Å². The van der Waals surface area contributed by atoms with Gasteiger partial charge in [-0.15, -0.1) is 0 Å². The molecule has 7 nitrogen and oxygen atoms in total. The van der Waals surface area contributed by atoms with Gasteiger partial charge < -0.3 is 18.9 Å². The van der Waals surface area contributed by atoms with Crippen molar-refractivity contribution >= 4 is 5.69 Å². The Kier molecular flexibility index (Phi) is 3.93. The summed E-state index contributed by atoms with van der Waals surface area (Å²) in [5, 5.41) is 11.2. The lowest BCUT2D eigenvalue weighted by Crippen LogP contribution is -2.32. The second-order valence-corrected chi connectivity index (χ2v) is 4.56. The molecule has 1 aromatic carbocycles. The van der Waals surface area contributed by atoms with Crippen LogP contribution in [0.1, 0.15) is 11.5 Å². The van der Waals surface area contributed by atoms with Crippen LogP contribution in [0, 0.1) is 10.1 Å². The Morgan fingerprint density at radius 1 is 1.00 bits per heavy atom. The highest BCUT2D eigenvalue weighted by Crippen LogP contribution is 2.37. The molecule has 0 bridgehead atoms. The van der Waals surface area contributed by atoms with E-state index < -0.39 is 23.4 Å². The number of hydrogen-bond donors (Lipinski definition) is 0. The highest BCUT2D eigenvalue weighted by Gasteiger charge is 2.41. The molecule has 1 aromatic rings. The van der Waals surface area contributed by atoms with E-state index in [1.807, 2.05) is 0 Å². The summed E-state index contributed by atoms with van der Waals surface area (Å²) in [4.78, 5) is 10.8. The number of nitro groups is 1. The third-order valence-corrected chi connectivity index (χ3v) is 3.37. The lowest BCUT2D eigenvalue weighted by molar-refractivity contribution is -0.386. The maximum atomic E-state index is 11.2. The second kappa shape index (κ2) is 5.84. The van der Waals surface area contributed by atoms with Crippen LogP contribution >= 0.6 is 0 Å². The van der Waals surface area contributed by atoms with Crippen LogP contribution in [0.5, 0.6) is 0 Å². The maximum Gasteiger partial charge on any atom is 0.273 e. The molecule has 108 valence electrons. The van der Waals surface area contributed by atoms with Crippen LogP contribution in [-0.4, -0.2) is 43.9 Å². The maximum absolute atomic E-state index is 11.2. The van der Waals surface area contributed by atoms with E-state index in [0.29, 0.717) is 32.0 Å². The third kappa shape index (κ3) is 2.53. The smallest absolute Gasteiger partial charge is 0.273 e. The molecule has 0 amide bonds. The van der Waals surface area contributed by atoms with Crippen molar-refractivity contribution in [2.45, 2.75) is 18.5 Å². The van der Waals surface area contributed by atoms with Crippen molar-refractivity contribution in [3.8, 4) is 0 Å². The summed E-state index contributed by atoms with van der Waals surface area (Å²) in [6.07, 6.45) is -1.17. The SMILES string of the molecule is O=[N+]([O-])c1ccccc1C(C1OCCO1)C1OCCO1. The predicted molar refractivity (Wildman–Crippen MR) is 67.2 cm³/mol. The molecular formula is C13H15NO6. The molecule has 0 saturated carbocycles. The molecule has 20 heavy (non-hydrogen) atoms. The van der Waals surface area contributed by atoms with Crippen LogP contribution < -0.4 is 0 Å². The lowest BCUT2D eigenvalue weighted by Gasteiger charge is -2.26. The molecule has 0 aromatic heterocycles. The van der Waals surface area contributed by atoms with E-state index in [1.165, 1.54) is 6.07 Å². The van der Waals surface area contributed by atoms with E-state index in [1.54, 1.807) is 18.2 Å². The molecule has 3 rings (SSSR count). The van der Waals surface area contributed by atoms with Gasteiger partial charge in [0.2, 0.25) is 0 Å². The van der Waals surface area contributed by atoms with Crippen LogP contribution in [-0.2, 0) is 18.9 Å². The molecule has 2 fully saturated rings. The zero-order valence-electron chi connectivity index (χ0n) is 10.8. The molecule has 2 heterocycles. The Morgan fingerprint density at radius 2 is 1.50 bits per heavy atom. The van der Waals surface area contributed by atoms with Gasteiger partial charge in [-0.25, -0.2) is 0 Å². The Hall–Kier alpha value is -1.54. The van der Waals surface area contributed by atoms with Gasteiger partial charge in [-0.3, -0.25) is 10.1 Å². The van der Waals surface area contributed by atoms with E-state index >= 15 is 0 Å². The predicted octanol–water partition coefficient (Wildman–Crippen LogP) is 1.42. The minimum absolute atomic E-state index is 0.0238. The summed E-state index contributed by atoms with van der Waals surface area (Å²) < 4.78 is 22.0. The molecule has 2 saturated heterocycles. The molecule has 0 spiro atoms. The fourth-order valence-electron chi connectivity index (χ4n) is 2.53. The molecule has 7 heteroatoms. The highest BCUT2D eigenvalue weighted by molar-refractivity contribution is 5.43. The normalized spacial score (nSPS) is 20.9. The average Bonchev–Trinajstić information content (AvgIpc) is 3.13. The van der Waals surface area contributed by atoms with Gasteiger partial charge in [0.15, 0.2) is 12.6 Å². The van der Waals surface area contributed by atoms with Gasteiger partial charge in [0, 0.05) is 11.6 Å². The fraction of sp³-hybridized carbons (Fsp3) is 0.538. The van der Waals surface area contributed by atoms with Crippen LogP contribution in [0.4, 0.5) is 5.69 Å². The number of benzene rings is 1. The molecule has 0 N–H and O–H groups in total. The van der Waals surface area contributed by atoms with Gasteiger partial charge in [-0.1, -0.05) is 18.2 Å². The summed E-state index contributed by atoms with van der Waals surface area (Å²) in [6, 6.07) is 6.54. The Bertz CT molecular complexity index is 466. The highest BCUT2D eigenvalue weighted by atomic mass is 16.7. The first-order valence-corrected chi connectivity index (χ1v) is 6.47. The molecule has 2 aliphatic rings. The van der Waals surface area contributed by atoms with Gasteiger partial charge in [0.1, 0.15) is 0 Å². The Labute approximate surface area is 115 Å². The summed E-state index contributed by atoms with van der Waals surface area (Å²) >= 11 is 0. The third-order valence-electron chi connectivity index (χ3n) is 3.37. The molecule has 0 aliphatic carbocycles. The van der Waals surface area contributed by atoms with Gasteiger partial charge >= 0.3 is 0 Å².